The van der Waals surface area contributed by atoms with E-state index in [-0.39, 0.29) is 0 Å². The van der Waals surface area contributed by atoms with Gasteiger partial charge in [0.25, 0.3) is 0 Å². The highest BCUT2D eigenvalue weighted by Gasteiger charge is 2.43. The maximum Gasteiger partial charge on any atom is 0.115 e. The molecule has 3 aliphatic rings. The zero-order chi connectivity index (χ0) is 11.1. The third-order valence-corrected chi connectivity index (χ3v) is 4.09. The van der Waals surface area contributed by atoms with E-state index in [0.717, 1.165) is 24.9 Å². The summed E-state index contributed by atoms with van der Waals surface area (Å²) in [5, 5.41) is 9.30. The second kappa shape index (κ2) is 3.67. The van der Waals surface area contributed by atoms with Crippen LogP contribution in [0.25, 0.3) is 0 Å². The fourth-order valence-electron chi connectivity index (χ4n) is 3.18. The van der Waals surface area contributed by atoms with Crippen molar-refractivity contribution in [1.29, 1.82) is 0 Å². The summed E-state index contributed by atoms with van der Waals surface area (Å²) in [5.74, 6) is 1.98. The molecule has 1 aromatic rings. The van der Waals surface area contributed by atoms with Crippen molar-refractivity contribution in [3.63, 3.8) is 0 Å². The van der Waals surface area contributed by atoms with Crippen LogP contribution in [0.3, 0.4) is 0 Å². The highest BCUT2D eigenvalue weighted by atomic mass is 16.3. The Bertz CT molecular complexity index is 370. The number of nitrogens with zero attached hydrogens (tertiary/aromatic N) is 1. The van der Waals surface area contributed by atoms with Gasteiger partial charge in [-0.05, 0) is 48.9 Å². The van der Waals surface area contributed by atoms with Gasteiger partial charge >= 0.3 is 0 Å². The molecule has 86 valence electrons. The molecule has 3 heteroatoms. The van der Waals surface area contributed by atoms with Gasteiger partial charge in [0.2, 0.25) is 0 Å². The first-order valence-electron chi connectivity index (χ1n) is 6.03. The van der Waals surface area contributed by atoms with Crippen LogP contribution in [0.4, 0.5) is 5.69 Å². The molecule has 1 aromatic carbocycles. The lowest BCUT2D eigenvalue weighted by Crippen LogP contribution is -2.58. The van der Waals surface area contributed by atoms with Crippen LogP contribution in [0, 0.1) is 11.8 Å². The largest absolute Gasteiger partial charge is 0.508 e. The van der Waals surface area contributed by atoms with Crippen molar-refractivity contribution in [2.45, 2.75) is 18.9 Å². The molecule has 0 radical (unpaired) electrons. The van der Waals surface area contributed by atoms with Crippen molar-refractivity contribution in [3.8, 4) is 5.75 Å². The second-order valence-electron chi connectivity index (χ2n) is 5.07. The van der Waals surface area contributed by atoms with E-state index in [1.807, 2.05) is 12.1 Å². The van der Waals surface area contributed by atoms with Crippen molar-refractivity contribution in [3.05, 3.63) is 24.3 Å². The lowest BCUT2D eigenvalue weighted by Gasteiger charge is -2.54. The van der Waals surface area contributed by atoms with Crippen LogP contribution in [0.2, 0.25) is 0 Å². The van der Waals surface area contributed by atoms with Crippen LogP contribution < -0.4 is 10.6 Å². The average Bonchev–Trinajstić information content (AvgIpc) is 2.28. The number of fused-ring (bicyclic) bond motifs is 2. The summed E-state index contributed by atoms with van der Waals surface area (Å²) in [5.41, 5.74) is 7.08. The Balaban J connectivity index is 1.85. The minimum absolute atomic E-state index is 0.329. The lowest BCUT2D eigenvalue weighted by molar-refractivity contribution is 0.114. The van der Waals surface area contributed by atoms with Crippen LogP contribution in [-0.2, 0) is 0 Å². The molecule has 1 unspecified atom stereocenters. The Hall–Kier alpha value is -1.22. The van der Waals surface area contributed by atoms with Crippen LogP contribution in [0.5, 0.6) is 5.75 Å². The van der Waals surface area contributed by atoms with Crippen molar-refractivity contribution in [1.82, 2.24) is 0 Å². The molecule has 4 rings (SSSR count). The number of piperidine rings is 2. The smallest absolute Gasteiger partial charge is 0.115 e. The van der Waals surface area contributed by atoms with E-state index in [9.17, 15) is 5.11 Å². The molecule has 1 saturated carbocycles. The molecule has 2 heterocycles. The molecular formula is C13H18N2O. The number of phenols is 1. The van der Waals surface area contributed by atoms with Gasteiger partial charge in [-0.25, -0.2) is 0 Å². The molecule has 3 fully saturated rings. The fraction of sp³-hybridized carbons (Fsp3) is 0.538. The second-order valence-corrected chi connectivity index (χ2v) is 5.07. The van der Waals surface area contributed by atoms with Crippen LogP contribution in [0.1, 0.15) is 12.8 Å². The third kappa shape index (κ3) is 1.47. The molecule has 0 aromatic heterocycles. The van der Waals surface area contributed by atoms with E-state index >= 15 is 0 Å². The van der Waals surface area contributed by atoms with Gasteiger partial charge in [-0.2, -0.15) is 0 Å². The first-order valence-corrected chi connectivity index (χ1v) is 6.03. The van der Waals surface area contributed by atoms with Gasteiger partial charge in [-0.1, -0.05) is 0 Å². The number of nitrogens with two attached hydrogens (primary N) is 1. The Kier molecular flexibility index (Phi) is 2.28. The molecule has 0 spiro atoms. The predicted octanol–water partition coefficient (Wildman–Crippen LogP) is 1.57. The molecule has 2 bridgehead atoms. The predicted molar refractivity (Wildman–Crippen MR) is 64.5 cm³/mol. The normalized spacial score (nSPS) is 32.3. The Morgan fingerprint density at radius 1 is 1.25 bits per heavy atom. The molecular weight excluding hydrogens is 200 g/mol. The summed E-state index contributed by atoms with van der Waals surface area (Å²) >= 11 is 0. The summed E-state index contributed by atoms with van der Waals surface area (Å²) in [4.78, 5) is 2.42. The Morgan fingerprint density at radius 2 is 1.94 bits per heavy atom. The van der Waals surface area contributed by atoms with Gasteiger partial charge in [0.1, 0.15) is 5.75 Å². The van der Waals surface area contributed by atoms with Gasteiger partial charge in [-0.3, -0.25) is 0 Å². The molecule has 0 amide bonds. The number of rotatable bonds is 2. The van der Waals surface area contributed by atoms with Gasteiger partial charge < -0.3 is 15.7 Å². The van der Waals surface area contributed by atoms with Crippen molar-refractivity contribution < 1.29 is 5.11 Å². The Labute approximate surface area is 95.9 Å². The van der Waals surface area contributed by atoms with Crippen LogP contribution in [-0.4, -0.2) is 24.2 Å². The third-order valence-electron chi connectivity index (χ3n) is 4.09. The average molecular weight is 218 g/mol. The van der Waals surface area contributed by atoms with Gasteiger partial charge in [0.05, 0.1) is 0 Å². The van der Waals surface area contributed by atoms with Gasteiger partial charge in [0, 0.05) is 24.8 Å². The highest BCUT2D eigenvalue weighted by molar-refractivity contribution is 5.51. The molecule has 3 N–H and O–H groups in total. The van der Waals surface area contributed by atoms with E-state index in [2.05, 4.69) is 4.90 Å². The maximum atomic E-state index is 9.30. The van der Waals surface area contributed by atoms with E-state index in [1.54, 1.807) is 12.1 Å². The monoisotopic (exact) mass is 218 g/mol. The minimum Gasteiger partial charge on any atom is -0.508 e. The molecule has 16 heavy (non-hydrogen) atoms. The topological polar surface area (TPSA) is 49.5 Å². The van der Waals surface area contributed by atoms with Gasteiger partial charge in [0.15, 0.2) is 0 Å². The van der Waals surface area contributed by atoms with E-state index < -0.39 is 0 Å². The lowest BCUT2D eigenvalue weighted by atomic mass is 9.66. The van der Waals surface area contributed by atoms with Crippen LogP contribution >= 0.6 is 0 Å². The summed E-state index contributed by atoms with van der Waals surface area (Å²) in [6.07, 6.45) is 2.72. The van der Waals surface area contributed by atoms with Crippen molar-refractivity contribution in [2.24, 2.45) is 17.6 Å². The zero-order valence-corrected chi connectivity index (χ0v) is 9.34. The number of anilines is 1. The van der Waals surface area contributed by atoms with Gasteiger partial charge in [-0.15, -0.1) is 0 Å². The summed E-state index contributed by atoms with van der Waals surface area (Å²) in [6.45, 7) is 1.86. The number of phenolic OH excluding ortho intramolecular Hbond substituents is 1. The molecule has 2 aliphatic heterocycles. The quantitative estimate of drug-likeness (QED) is 0.792. The van der Waals surface area contributed by atoms with E-state index in [4.69, 9.17) is 5.73 Å². The zero-order valence-electron chi connectivity index (χ0n) is 9.34. The first-order chi connectivity index (χ1) is 7.78. The summed E-state index contributed by atoms with van der Waals surface area (Å²) in [6, 6.07) is 7.98. The van der Waals surface area contributed by atoms with E-state index in [1.165, 1.54) is 18.5 Å². The maximum absolute atomic E-state index is 9.30. The highest BCUT2D eigenvalue weighted by Crippen LogP contribution is 2.44. The summed E-state index contributed by atoms with van der Waals surface area (Å²) in [7, 11) is 0. The van der Waals surface area contributed by atoms with Crippen molar-refractivity contribution >= 4 is 5.69 Å². The van der Waals surface area contributed by atoms with Crippen LogP contribution in [0.15, 0.2) is 24.3 Å². The standard InChI is InChI=1S/C13H18N2O/c14-7-13-10-5-9(6-10)8-15(13)11-1-3-12(16)4-2-11/h1-4,9-10,13,16H,5-8,14H2. The number of benzene rings is 1. The SMILES string of the molecule is NCC1C2CC(C2)CN1c1ccc(O)cc1. The number of hydrogen-bond donors (Lipinski definition) is 2. The van der Waals surface area contributed by atoms with Crippen molar-refractivity contribution in [2.75, 3.05) is 18.0 Å². The van der Waals surface area contributed by atoms with E-state index in [0.29, 0.717) is 11.8 Å². The number of aromatic hydroxyl groups is 1. The molecule has 1 aliphatic carbocycles. The molecule has 3 nitrogen and oxygen atoms in total. The number of hydrogen-bond acceptors (Lipinski definition) is 3. The molecule has 1 atom stereocenters. The Morgan fingerprint density at radius 3 is 2.56 bits per heavy atom. The molecule has 2 saturated heterocycles. The summed E-state index contributed by atoms with van der Waals surface area (Å²) < 4.78 is 0. The first kappa shape index (κ1) is 9.97. The minimum atomic E-state index is 0.329. The fourth-order valence-corrected chi connectivity index (χ4v) is 3.18.